The van der Waals surface area contributed by atoms with Gasteiger partial charge in [0.05, 0.1) is 27.2 Å². The minimum Gasteiger partial charge on any atom is -0.481 e. The first-order valence-electron chi connectivity index (χ1n) is 6.78. The second-order valence-corrected chi connectivity index (χ2v) is 8.33. The van der Waals surface area contributed by atoms with Crippen LogP contribution in [0.3, 0.4) is 0 Å². The van der Waals surface area contributed by atoms with Crippen molar-refractivity contribution in [3.8, 4) is 0 Å². The highest BCUT2D eigenvalue weighted by Gasteiger charge is 2.29. The van der Waals surface area contributed by atoms with Gasteiger partial charge in [0.1, 0.15) is 4.90 Å². The Bertz CT molecular complexity index is 918. The highest BCUT2D eigenvalue weighted by atomic mass is 35.5. The molecule has 2 rings (SSSR count). The van der Waals surface area contributed by atoms with Gasteiger partial charge in [-0.2, -0.15) is 0 Å². The monoisotopic (exact) mass is 441 g/mol. The van der Waals surface area contributed by atoms with E-state index >= 15 is 0 Å². The molecule has 0 radical (unpaired) electrons. The van der Waals surface area contributed by atoms with Gasteiger partial charge in [-0.3, -0.25) is 9.10 Å². The number of aliphatic carboxylic acids is 1. The van der Waals surface area contributed by atoms with Crippen LogP contribution in [0.1, 0.15) is 6.42 Å². The summed E-state index contributed by atoms with van der Waals surface area (Å²) in [5.74, 6) is -1.17. The van der Waals surface area contributed by atoms with Gasteiger partial charge in [-0.15, -0.1) is 0 Å². The van der Waals surface area contributed by atoms with E-state index in [4.69, 9.17) is 51.5 Å². The summed E-state index contributed by atoms with van der Waals surface area (Å²) in [5.41, 5.74) is 0.0476. The molecule has 0 aliphatic carbocycles. The number of anilines is 1. The molecule has 0 unspecified atom stereocenters. The van der Waals surface area contributed by atoms with Crippen molar-refractivity contribution in [1.82, 2.24) is 0 Å². The maximum Gasteiger partial charge on any atom is 0.305 e. The molecule has 134 valence electrons. The summed E-state index contributed by atoms with van der Waals surface area (Å²) in [4.78, 5) is 10.7. The van der Waals surface area contributed by atoms with Gasteiger partial charge in [-0.25, -0.2) is 8.42 Å². The normalized spacial score (nSPS) is 11.4. The number of benzene rings is 2. The molecule has 0 heterocycles. The van der Waals surface area contributed by atoms with Gasteiger partial charge < -0.3 is 5.11 Å². The average Bonchev–Trinajstić information content (AvgIpc) is 2.53. The summed E-state index contributed by atoms with van der Waals surface area (Å²) >= 11 is 24.0. The van der Waals surface area contributed by atoms with E-state index in [9.17, 15) is 13.2 Å². The number of hydrogen-bond donors (Lipinski definition) is 1. The van der Waals surface area contributed by atoms with Crippen LogP contribution in [0.2, 0.25) is 20.1 Å². The van der Waals surface area contributed by atoms with Crippen LogP contribution in [0.25, 0.3) is 0 Å². The van der Waals surface area contributed by atoms with E-state index in [1.165, 1.54) is 36.4 Å². The molecule has 5 nitrogen and oxygen atoms in total. The molecule has 2 aromatic rings. The van der Waals surface area contributed by atoms with Crippen molar-refractivity contribution in [3.63, 3.8) is 0 Å². The Labute approximate surface area is 164 Å². The standard InChI is InChI=1S/C15H11Cl4NO4S/c16-9-4-5-10(17)13(8-9)25(23,24)20(7-6-14(21)22)12-3-1-2-11(18)15(12)19/h1-5,8H,6-7H2,(H,21,22). The largest absolute Gasteiger partial charge is 0.481 e. The molecule has 0 saturated carbocycles. The molecule has 0 saturated heterocycles. The van der Waals surface area contributed by atoms with Crippen LogP contribution in [0.15, 0.2) is 41.3 Å². The van der Waals surface area contributed by atoms with Crippen LogP contribution < -0.4 is 4.31 Å². The lowest BCUT2D eigenvalue weighted by molar-refractivity contribution is -0.136. The lowest BCUT2D eigenvalue weighted by atomic mass is 10.3. The minimum atomic E-state index is -4.23. The Morgan fingerprint density at radius 1 is 1.04 bits per heavy atom. The summed E-state index contributed by atoms with van der Waals surface area (Å²) in [6.45, 7) is -0.361. The predicted octanol–water partition coefficient (Wildman–Crippen LogP) is 4.97. The van der Waals surface area contributed by atoms with Crippen molar-refractivity contribution in [2.45, 2.75) is 11.3 Å². The summed E-state index contributed by atoms with van der Waals surface area (Å²) in [6.07, 6.45) is -0.444. The number of sulfonamides is 1. The third-order valence-electron chi connectivity index (χ3n) is 3.19. The number of carboxylic acid groups (broad SMARTS) is 1. The molecule has 2 aromatic carbocycles. The number of halogens is 4. The Kier molecular flexibility index (Phi) is 6.45. The minimum absolute atomic E-state index is 0.0173. The predicted molar refractivity (Wildman–Crippen MR) is 99.7 cm³/mol. The fourth-order valence-corrected chi connectivity index (χ4v) is 4.71. The van der Waals surface area contributed by atoms with Crippen LogP contribution >= 0.6 is 46.4 Å². The number of nitrogens with zero attached hydrogens (tertiary/aromatic N) is 1. The molecule has 0 bridgehead atoms. The molecule has 25 heavy (non-hydrogen) atoms. The molecule has 0 aliphatic heterocycles. The van der Waals surface area contributed by atoms with Crippen LogP contribution in [-0.2, 0) is 14.8 Å². The fourth-order valence-electron chi connectivity index (χ4n) is 2.05. The first-order valence-corrected chi connectivity index (χ1v) is 9.73. The summed E-state index contributed by atoms with van der Waals surface area (Å²) < 4.78 is 27.0. The maximum absolute atomic E-state index is 13.1. The fraction of sp³-hybridized carbons (Fsp3) is 0.133. The zero-order chi connectivity index (χ0) is 18.8. The van der Waals surface area contributed by atoms with E-state index in [1.807, 2.05) is 0 Å². The quantitative estimate of drug-likeness (QED) is 0.685. The molecule has 1 N–H and O–H groups in total. The molecule has 0 aromatic heterocycles. The second kappa shape index (κ2) is 8.01. The Balaban J connectivity index is 2.63. The third kappa shape index (κ3) is 4.51. The van der Waals surface area contributed by atoms with E-state index in [1.54, 1.807) is 0 Å². The highest BCUT2D eigenvalue weighted by Crippen LogP contribution is 2.37. The maximum atomic E-state index is 13.1. The van der Waals surface area contributed by atoms with E-state index in [0.717, 1.165) is 4.31 Å². The molecule has 0 amide bonds. The lowest BCUT2D eigenvalue weighted by Gasteiger charge is -2.25. The molecule has 10 heteroatoms. The first kappa shape index (κ1) is 20.1. The molecular formula is C15H11Cl4NO4S. The highest BCUT2D eigenvalue weighted by molar-refractivity contribution is 7.93. The van der Waals surface area contributed by atoms with Gasteiger partial charge in [0.15, 0.2) is 0 Å². The van der Waals surface area contributed by atoms with Crippen molar-refractivity contribution < 1.29 is 18.3 Å². The van der Waals surface area contributed by atoms with Crippen LogP contribution in [0.5, 0.6) is 0 Å². The number of carboxylic acids is 1. The van der Waals surface area contributed by atoms with Gasteiger partial charge in [0.2, 0.25) is 0 Å². The van der Waals surface area contributed by atoms with Gasteiger partial charge >= 0.3 is 5.97 Å². The van der Waals surface area contributed by atoms with Crippen molar-refractivity contribution in [3.05, 3.63) is 56.5 Å². The smallest absolute Gasteiger partial charge is 0.305 e. The van der Waals surface area contributed by atoms with E-state index in [2.05, 4.69) is 0 Å². The summed E-state index contributed by atoms with van der Waals surface area (Å²) in [7, 11) is -4.23. The van der Waals surface area contributed by atoms with Gasteiger partial charge in [0, 0.05) is 11.6 Å². The van der Waals surface area contributed by atoms with Gasteiger partial charge in [-0.1, -0.05) is 52.5 Å². The number of rotatable bonds is 6. The van der Waals surface area contributed by atoms with Gasteiger partial charge in [-0.05, 0) is 30.3 Å². The van der Waals surface area contributed by atoms with Crippen molar-refractivity contribution >= 4 is 68.1 Å². The molecule has 0 fully saturated rings. The SMILES string of the molecule is O=C(O)CCN(c1cccc(Cl)c1Cl)S(=O)(=O)c1cc(Cl)ccc1Cl. The molecule has 0 spiro atoms. The van der Waals surface area contributed by atoms with Crippen LogP contribution in [0.4, 0.5) is 5.69 Å². The van der Waals surface area contributed by atoms with Gasteiger partial charge in [0.25, 0.3) is 10.0 Å². The summed E-state index contributed by atoms with van der Waals surface area (Å²) in [5, 5.41) is 9.17. The van der Waals surface area contributed by atoms with E-state index in [-0.39, 0.29) is 37.2 Å². The van der Waals surface area contributed by atoms with Crippen molar-refractivity contribution in [2.75, 3.05) is 10.8 Å². The summed E-state index contributed by atoms with van der Waals surface area (Å²) in [6, 6.07) is 8.38. The first-order chi connectivity index (χ1) is 11.6. The van der Waals surface area contributed by atoms with Crippen LogP contribution in [0, 0.1) is 0 Å². The average molecular weight is 443 g/mol. The van der Waals surface area contributed by atoms with Crippen molar-refractivity contribution in [1.29, 1.82) is 0 Å². The lowest BCUT2D eigenvalue weighted by Crippen LogP contribution is -2.33. The molecule has 0 atom stereocenters. The third-order valence-corrected chi connectivity index (χ3v) is 6.53. The Morgan fingerprint density at radius 2 is 1.72 bits per heavy atom. The zero-order valence-corrected chi connectivity index (χ0v) is 16.3. The number of carbonyl (C=O) groups is 1. The molecule has 0 aliphatic rings. The second-order valence-electron chi connectivity index (χ2n) is 4.87. The molecular weight excluding hydrogens is 432 g/mol. The number of hydrogen-bond acceptors (Lipinski definition) is 3. The van der Waals surface area contributed by atoms with E-state index in [0.29, 0.717) is 0 Å². The van der Waals surface area contributed by atoms with E-state index < -0.39 is 22.4 Å². The topological polar surface area (TPSA) is 74.7 Å². The Morgan fingerprint density at radius 3 is 2.36 bits per heavy atom. The van der Waals surface area contributed by atoms with Crippen LogP contribution in [-0.4, -0.2) is 26.0 Å². The van der Waals surface area contributed by atoms with Crippen molar-refractivity contribution in [2.24, 2.45) is 0 Å². The zero-order valence-electron chi connectivity index (χ0n) is 12.4. The Hall–Kier alpha value is -1.18.